The van der Waals surface area contributed by atoms with E-state index < -0.39 is 11.7 Å². The third kappa shape index (κ3) is 3.73. The largest absolute Gasteiger partial charge is 0.358 e. The van der Waals surface area contributed by atoms with Crippen LogP contribution in [-0.2, 0) is 11.3 Å². The van der Waals surface area contributed by atoms with E-state index in [1.165, 1.54) is 6.07 Å². The molecule has 2 aromatic carbocycles. The maximum absolute atomic E-state index is 12.7. The van der Waals surface area contributed by atoms with E-state index >= 15 is 0 Å². The normalized spacial score (nSPS) is 10.8. The number of carbonyl (C=O) groups is 2. The van der Waals surface area contributed by atoms with Gasteiger partial charge in [0.15, 0.2) is 0 Å². The molecule has 0 spiro atoms. The maximum atomic E-state index is 12.7. The van der Waals surface area contributed by atoms with Crippen LogP contribution >= 0.6 is 0 Å². The summed E-state index contributed by atoms with van der Waals surface area (Å²) >= 11 is 0. The summed E-state index contributed by atoms with van der Waals surface area (Å²) < 4.78 is 1.59. The Balaban J connectivity index is 1.49. The van der Waals surface area contributed by atoms with E-state index in [2.05, 4.69) is 10.3 Å². The second kappa shape index (κ2) is 7.59. The SMILES string of the molecule is Cc1[nH]c2ccccc2c1C(=O)C(=O)Nc1ccc(Cn2ccccc2=O)cc1. The molecular weight excluding hydrogens is 366 g/mol. The number of pyridine rings is 1. The molecule has 0 saturated heterocycles. The van der Waals surface area contributed by atoms with Crippen molar-refractivity contribution in [3.05, 3.63) is 100 Å². The van der Waals surface area contributed by atoms with E-state index in [0.717, 1.165) is 16.5 Å². The molecule has 0 radical (unpaired) electrons. The summed E-state index contributed by atoms with van der Waals surface area (Å²) in [6.45, 7) is 2.21. The van der Waals surface area contributed by atoms with Crippen molar-refractivity contribution >= 4 is 28.3 Å². The van der Waals surface area contributed by atoms with Gasteiger partial charge in [-0.1, -0.05) is 36.4 Å². The smallest absolute Gasteiger partial charge is 0.296 e. The van der Waals surface area contributed by atoms with Crippen molar-refractivity contribution in [2.75, 3.05) is 5.32 Å². The standard InChI is InChI=1S/C23H19N3O3/c1-15-21(18-6-2-3-7-19(18)24-15)22(28)23(29)25-17-11-9-16(10-12-17)14-26-13-5-4-8-20(26)27/h2-13,24H,14H2,1H3,(H,25,29). The lowest BCUT2D eigenvalue weighted by atomic mass is 10.1. The van der Waals surface area contributed by atoms with Crippen molar-refractivity contribution in [2.45, 2.75) is 13.5 Å². The molecule has 29 heavy (non-hydrogen) atoms. The van der Waals surface area contributed by atoms with E-state index in [4.69, 9.17) is 0 Å². The van der Waals surface area contributed by atoms with Crippen molar-refractivity contribution < 1.29 is 9.59 Å². The van der Waals surface area contributed by atoms with Crippen LogP contribution in [0.5, 0.6) is 0 Å². The summed E-state index contributed by atoms with van der Waals surface area (Å²) in [4.78, 5) is 40.2. The number of para-hydroxylation sites is 1. The Morgan fingerprint density at radius 3 is 2.45 bits per heavy atom. The van der Waals surface area contributed by atoms with E-state index in [9.17, 15) is 14.4 Å². The van der Waals surface area contributed by atoms with Crippen LogP contribution in [0.2, 0.25) is 0 Å². The number of hydrogen-bond acceptors (Lipinski definition) is 3. The molecule has 0 unspecified atom stereocenters. The number of Topliss-reactive ketones (excluding diaryl/α,β-unsaturated/α-hetero) is 1. The lowest BCUT2D eigenvalue weighted by molar-refractivity contribution is -0.112. The summed E-state index contributed by atoms with van der Waals surface area (Å²) in [5.41, 5.74) is 3.22. The van der Waals surface area contributed by atoms with Crippen LogP contribution < -0.4 is 10.9 Å². The summed E-state index contributed by atoms with van der Waals surface area (Å²) in [6.07, 6.45) is 1.72. The average Bonchev–Trinajstić information content (AvgIpc) is 3.06. The average molecular weight is 385 g/mol. The predicted molar refractivity (Wildman–Crippen MR) is 112 cm³/mol. The summed E-state index contributed by atoms with van der Waals surface area (Å²) in [6, 6.07) is 19.5. The number of hydrogen-bond donors (Lipinski definition) is 2. The Morgan fingerprint density at radius 1 is 0.966 bits per heavy atom. The highest BCUT2D eigenvalue weighted by molar-refractivity contribution is 6.48. The predicted octanol–water partition coefficient (Wildman–Crippen LogP) is 3.51. The number of amides is 1. The van der Waals surface area contributed by atoms with Crippen LogP contribution in [0, 0.1) is 6.92 Å². The van der Waals surface area contributed by atoms with Gasteiger partial charge in [-0.05, 0) is 36.8 Å². The molecule has 144 valence electrons. The van der Waals surface area contributed by atoms with Gasteiger partial charge in [0, 0.05) is 34.5 Å². The molecule has 2 heterocycles. The molecule has 2 aromatic heterocycles. The van der Waals surface area contributed by atoms with Crippen LogP contribution in [0.4, 0.5) is 5.69 Å². The van der Waals surface area contributed by atoms with Gasteiger partial charge in [0.25, 0.3) is 17.2 Å². The molecular formula is C23H19N3O3. The maximum Gasteiger partial charge on any atom is 0.296 e. The molecule has 2 N–H and O–H groups in total. The van der Waals surface area contributed by atoms with Crippen LogP contribution in [0.25, 0.3) is 10.9 Å². The van der Waals surface area contributed by atoms with Crippen LogP contribution in [0.1, 0.15) is 21.6 Å². The first-order valence-electron chi connectivity index (χ1n) is 9.20. The van der Waals surface area contributed by atoms with Gasteiger partial charge in [0.2, 0.25) is 0 Å². The highest BCUT2D eigenvalue weighted by Crippen LogP contribution is 2.23. The van der Waals surface area contributed by atoms with Gasteiger partial charge < -0.3 is 14.9 Å². The molecule has 0 aliphatic carbocycles. The fraction of sp³-hybridized carbons (Fsp3) is 0.0870. The third-order valence-electron chi connectivity index (χ3n) is 4.79. The van der Waals surface area contributed by atoms with Crippen molar-refractivity contribution in [3.63, 3.8) is 0 Å². The Bertz CT molecular complexity index is 1270. The van der Waals surface area contributed by atoms with E-state index in [0.29, 0.717) is 23.5 Å². The number of nitrogens with one attached hydrogen (secondary N) is 2. The first kappa shape index (κ1) is 18.4. The molecule has 6 nitrogen and oxygen atoms in total. The van der Waals surface area contributed by atoms with Crippen molar-refractivity contribution in [2.24, 2.45) is 0 Å². The summed E-state index contributed by atoms with van der Waals surface area (Å²) in [5, 5.41) is 3.38. The number of aryl methyl sites for hydroxylation is 1. The summed E-state index contributed by atoms with van der Waals surface area (Å²) in [5.74, 6) is -1.27. The lowest BCUT2D eigenvalue weighted by Gasteiger charge is -2.08. The Hall–Kier alpha value is -3.93. The van der Waals surface area contributed by atoms with Gasteiger partial charge in [0.1, 0.15) is 0 Å². The van der Waals surface area contributed by atoms with Gasteiger partial charge in [0.05, 0.1) is 12.1 Å². The number of benzene rings is 2. The molecule has 4 rings (SSSR count). The van der Waals surface area contributed by atoms with E-state index in [1.807, 2.05) is 36.4 Å². The molecule has 4 aromatic rings. The van der Waals surface area contributed by atoms with Gasteiger partial charge in [-0.3, -0.25) is 14.4 Å². The quantitative estimate of drug-likeness (QED) is 0.407. The number of H-pyrrole nitrogens is 1. The number of aromatic amines is 1. The van der Waals surface area contributed by atoms with E-state index in [1.54, 1.807) is 42.0 Å². The fourth-order valence-electron chi connectivity index (χ4n) is 3.35. The van der Waals surface area contributed by atoms with Crippen LogP contribution in [0.15, 0.2) is 77.7 Å². The molecule has 0 fully saturated rings. The molecule has 0 bridgehead atoms. The highest BCUT2D eigenvalue weighted by atomic mass is 16.2. The number of anilines is 1. The monoisotopic (exact) mass is 385 g/mol. The minimum Gasteiger partial charge on any atom is -0.358 e. The zero-order valence-electron chi connectivity index (χ0n) is 15.8. The minimum atomic E-state index is -0.690. The third-order valence-corrected chi connectivity index (χ3v) is 4.79. The fourth-order valence-corrected chi connectivity index (χ4v) is 3.35. The van der Waals surface area contributed by atoms with Crippen LogP contribution in [-0.4, -0.2) is 21.2 Å². The second-order valence-corrected chi connectivity index (χ2v) is 6.82. The second-order valence-electron chi connectivity index (χ2n) is 6.82. The van der Waals surface area contributed by atoms with Gasteiger partial charge in [-0.2, -0.15) is 0 Å². The van der Waals surface area contributed by atoms with Crippen molar-refractivity contribution in [1.29, 1.82) is 0 Å². The van der Waals surface area contributed by atoms with E-state index in [-0.39, 0.29) is 5.56 Å². The van der Waals surface area contributed by atoms with Gasteiger partial charge >= 0.3 is 0 Å². The molecule has 0 saturated carbocycles. The number of carbonyl (C=O) groups excluding carboxylic acids is 2. The first-order chi connectivity index (χ1) is 14.0. The van der Waals surface area contributed by atoms with Crippen molar-refractivity contribution in [1.82, 2.24) is 9.55 Å². The summed E-state index contributed by atoms with van der Waals surface area (Å²) in [7, 11) is 0. The minimum absolute atomic E-state index is 0.0791. The lowest BCUT2D eigenvalue weighted by Crippen LogP contribution is -2.23. The first-order valence-corrected chi connectivity index (χ1v) is 9.20. The molecule has 0 atom stereocenters. The zero-order valence-corrected chi connectivity index (χ0v) is 15.8. The molecule has 0 aliphatic rings. The number of fused-ring (bicyclic) bond motifs is 1. The highest BCUT2D eigenvalue weighted by Gasteiger charge is 2.22. The molecule has 1 amide bonds. The van der Waals surface area contributed by atoms with Gasteiger partial charge in [-0.25, -0.2) is 0 Å². The Labute approximate surface area is 166 Å². The number of nitrogens with zero attached hydrogens (tertiary/aromatic N) is 1. The number of ketones is 1. The zero-order chi connectivity index (χ0) is 20.4. The van der Waals surface area contributed by atoms with Crippen LogP contribution in [0.3, 0.4) is 0 Å². The number of rotatable bonds is 5. The molecule has 6 heteroatoms. The van der Waals surface area contributed by atoms with Crippen molar-refractivity contribution in [3.8, 4) is 0 Å². The Kier molecular flexibility index (Phi) is 4.83. The van der Waals surface area contributed by atoms with Gasteiger partial charge in [-0.15, -0.1) is 0 Å². The Morgan fingerprint density at radius 2 is 1.69 bits per heavy atom. The number of aromatic nitrogens is 2. The topological polar surface area (TPSA) is 84.0 Å². The molecule has 0 aliphatic heterocycles.